The van der Waals surface area contributed by atoms with Gasteiger partial charge in [-0.3, -0.25) is 9.36 Å². The molecular formula is C20H26N4O2S2. The van der Waals surface area contributed by atoms with E-state index >= 15 is 0 Å². The largest absolute Gasteiger partial charge is 0.338 e. The standard InChI is InChI=1S/C20H26N4O2S2/c1-6-24-19(25)15-13-8-7-11(4)9-14(13)28-18(15)22-20(24)27-12(5)17-21-16(10(2)3)23-26-17/h10-12H,6-9H2,1-5H3/t11-,12-/m1/s1. The molecule has 0 amide bonds. The van der Waals surface area contributed by atoms with Crippen LogP contribution in [0.25, 0.3) is 10.2 Å². The number of thiophene rings is 1. The second-order valence-electron chi connectivity index (χ2n) is 7.88. The molecule has 0 fully saturated rings. The molecule has 0 aromatic carbocycles. The van der Waals surface area contributed by atoms with Crippen molar-refractivity contribution in [3.8, 4) is 0 Å². The molecule has 0 unspecified atom stereocenters. The molecule has 0 radical (unpaired) electrons. The summed E-state index contributed by atoms with van der Waals surface area (Å²) in [5.41, 5.74) is 1.32. The molecule has 0 N–H and O–H groups in total. The lowest BCUT2D eigenvalue weighted by atomic mass is 9.89. The lowest BCUT2D eigenvalue weighted by Gasteiger charge is -2.17. The summed E-state index contributed by atoms with van der Waals surface area (Å²) < 4.78 is 7.22. The first kappa shape index (κ1) is 19.6. The molecule has 0 aliphatic heterocycles. The van der Waals surface area contributed by atoms with Crippen molar-refractivity contribution in [2.75, 3.05) is 0 Å². The zero-order chi connectivity index (χ0) is 20.0. The molecular weight excluding hydrogens is 392 g/mol. The Morgan fingerprint density at radius 2 is 2.11 bits per heavy atom. The summed E-state index contributed by atoms with van der Waals surface area (Å²) in [5, 5.41) is 5.54. The van der Waals surface area contributed by atoms with Crippen LogP contribution in [-0.4, -0.2) is 19.7 Å². The van der Waals surface area contributed by atoms with Crippen molar-refractivity contribution >= 4 is 33.3 Å². The van der Waals surface area contributed by atoms with E-state index in [1.807, 2.05) is 27.7 Å². The fraction of sp³-hybridized carbons (Fsp3) is 0.600. The Hall–Kier alpha value is -1.67. The number of fused-ring (bicyclic) bond motifs is 3. The Morgan fingerprint density at radius 1 is 1.32 bits per heavy atom. The van der Waals surface area contributed by atoms with Crippen LogP contribution >= 0.6 is 23.1 Å². The minimum absolute atomic E-state index is 0.0724. The quantitative estimate of drug-likeness (QED) is 0.430. The predicted octanol–water partition coefficient (Wildman–Crippen LogP) is 4.96. The molecule has 3 aromatic rings. The van der Waals surface area contributed by atoms with Crippen molar-refractivity contribution in [3.63, 3.8) is 0 Å². The third kappa shape index (κ3) is 3.41. The van der Waals surface area contributed by atoms with Crippen LogP contribution in [-0.2, 0) is 19.4 Å². The average Bonchev–Trinajstić information content (AvgIpc) is 3.26. The summed E-state index contributed by atoms with van der Waals surface area (Å²) in [6, 6.07) is 0. The van der Waals surface area contributed by atoms with Crippen LogP contribution < -0.4 is 5.56 Å². The highest BCUT2D eigenvalue weighted by molar-refractivity contribution is 7.99. The lowest BCUT2D eigenvalue weighted by molar-refractivity contribution is 0.372. The van der Waals surface area contributed by atoms with Crippen molar-refractivity contribution in [3.05, 3.63) is 32.5 Å². The fourth-order valence-corrected chi connectivity index (χ4v) is 6.06. The number of hydrogen-bond donors (Lipinski definition) is 0. The van der Waals surface area contributed by atoms with E-state index in [-0.39, 0.29) is 16.7 Å². The minimum Gasteiger partial charge on any atom is -0.338 e. The Labute approximate surface area is 172 Å². The van der Waals surface area contributed by atoms with Crippen molar-refractivity contribution in [1.29, 1.82) is 0 Å². The van der Waals surface area contributed by atoms with Gasteiger partial charge < -0.3 is 4.52 Å². The maximum atomic E-state index is 13.3. The van der Waals surface area contributed by atoms with E-state index in [0.29, 0.717) is 24.2 Å². The zero-order valence-corrected chi connectivity index (χ0v) is 18.6. The Bertz CT molecular complexity index is 1070. The summed E-state index contributed by atoms with van der Waals surface area (Å²) in [7, 11) is 0. The van der Waals surface area contributed by atoms with Gasteiger partial charge in [-0.1, -0.05) is 37.7 Å². The topological polar surface area (TPSA) is 73.8 Å². The molecule has 0 spiro atoms. The fourth-order valence-electron chi connectivity index (χ4n) is 3.63. The van der Waals surface area contributed by atoms with Crippen LogP contribution in [0, 0.1) is 5.92 Å². The lowest BCUT2D eigenvalue weighted by Crippen LogP contribution is -2.23. The minimum atomic E-state index is -0.0724. The van der Waals surface area contributed by atoms with Crippen LogP contribution in [0.1, 0.15) is 74.4 Å². The highest BCUT2D eigenvalue weighted by atomic mass is 32.2. The molecule has 0 saturated heterocycles. The molecule has 28 heavy (non-hydrogen) atoms. The monoisotopic (exact) mass is 418 g/mol. The van der Waals surface area contributed by atoms with Gasteiger partial charge in [-0.2, -0.15) is 4.98 Å². The maximum absolute atomic E-state index is 13.3. The molecule has 3 heterocycles. The molecule has 1 aliphatic rings. The van der Waals surface area contributed by atoms with Crippen molar-refractivity contribution in [2.24, 2.45) is 5.92 Å². The molecule has 0 saturated carbocycles. The number of nitrogens with zero attached hydrogens (tertiary/aromatic N) is 4. The predicted molar refractivity (Wildman–Crippen MR) is 113 cm³/mol. The molecule has 150 valence electrons. The Balaban J connectivity index is 1.73. The van der Waals surface area contributed by atoms with Crippen LogP contribution in [0.5, 0.6) is 0 Å². The molecule has 8 heteroatoms. The molecule has 1 aliphatic carbocycles. The van der Waals surface area contributed by atoms with Gasteiger partial charge in [-0.05, 0) is 44.6 Å². The summed E-state index contributed by atoms with van der Waals surface area (Å²) in [5.74, 6) is 2.18. The van der Waals surface area contributed by atoms with E-state index in [1.165, 1.54) is 22.2 Å². The van der Waals surface area contributed by atoms with E-state index in [4.69, 9.17) is 9.51 Å². The van der Waals surface area contributed by atoms with E-state index in [2.05, 4.69) is 17.1 Å². The van der Waals surface area contributed by atoms with Crippen LogP contribution in [0.15, 0.2) is 14.5 Å². The normalized spacial score (nSPS) is 18.0. The van der Waals surface area contributed by atoms with Crippen LogP contribution in [0.3, 0.4) is 0 Å². The molecule has 4 rings (SSSR count). The van der Waals surface area contributed by atoms with Crippen LogP contribution in [0.2, 0.25) is 0 Å². The van der Waals surface area contributed by atoms with Gasteiger partial charge in [0.1, 0.15) is 4.83 Å². The van der Waals surface area contributed by atoms with Gasteiger partial charge in [0, 0.05) is 17.3 Å². The number of rotatable bonds is 5. The van der Waals surface area contributed by atoms with Crippen molar-refractivity contribution in [2.45, 2.75) is 76.8 Å². The molecule has 2 atom stereocenters. The Morgan fingerprint density at radius 3 is 2.79 bits per heavy atom. The summed E-state index contributed by atoms with van der Waals surface area (Å²) in [4.78, 5) is 24.9. The Kier molecular flexibility index (Phi) is 5.35. The van der Waals surface area contributed by atoms with Gasteiger partial charge in [-0.25, -0.2) is 4.98 Å². The molecule has 6 nitrogen and oxygen atoms in total. The summed E-state index contributed by atoms with van der Waals surface area (Å²) >= 11 is 3.20. The highest BCUT2D eigenvalue weighted by Gasteiger charge is 2.26. The van der Waals surface area contributed by atoms with E-state index in [0.717, 1.165) is 34.6 Å². The number of hydrogen-bond acceptors (Lipinski definition) is 7. The summed E-state index contributed by atoms with van der Waals surface area (Å²) in [6.07, 6.45) is 3.19. The third-order valence-electron chi connectivity index (χ3n) is 5.30. The average molecular weight is 419 g/mol. The van der Waals surface area contributed by atoms with Gasteiger partial charge in [0.2, 0.25) is 5.89 Å². The number of aromatic nitrogens is 4. The third-order valence-corrected chi connectivity index (χ3v) is 7.53. The molecule has 3 aromatic heterocycles. The SMILES string of the molecule is CCn1c(S[C@H](C)c2nc(C(C)C)no2)nc2sc3c(c2c1=O)CC[C@@H](C)C3. The molecule has 0 bridgehead atoms. The second-order valence-corrected chi connectivity index (χ2v) is 10.3. The van der Waals surface area contributed by atoms with Gasteiger partial charge in [0.05, 0.1) is 10.6 Å². The van der Waals surface area contributed by atoms with Crippen molar-refractivity contribution < 1.29 is 4.52 Å². The van der Waals surface area contributed by atoms with Gasteiger partial charge in [0.25, 0.3) is 5.56 Å². The number of aryl methyl sites for hydroxylation is 1. The smallest absolute Gasteiger partial charge is 0.263 e. The first-order chi connectivity index (χ1) is 13.4. The highest BCUT2D eigenvalue weighted by Crippen LogP contribution is 2.38. The van der Waals surface area contributed by atoms with Gasteiger partial charge in [-0.15, -0.1) is 11.3 Å². The summed E-state index contributed by atoms with van der Waals surface area (Å²) in [6.45, 7) is 11.0. The van der Waals surface area contributed by atoms with Gasteiger partial charge >= 0.3 is 0 Å². The van der Waals surface area contributed by atoms with E-state index in [1.54, 1.807) is 15.9 Å². The second kappa shape index (κ2) is 7.63. The van der Waals surface area contributed by atoms with Crippen molar-refractivity contribution in [1.82, 2.24) is 19.7 Å². The number of thioether (sulfide) groups is 1. The van der Waals surface area contributed by atoms with Crippen LogP contribution in [0.4, 0.5) is 0 Å². The first-order valence-corrected chi connectivity index (χ1v) is 11.6. The zero-order valence-electron chi connectivity index (χ0n) is 17.0. The van der Waals surface area contributed by atoms with E-state index in [9.17, 15) is 4.79 Å². The van der Waals surface area contributed by atoms with Gasteiger partial charge in [0.15, 0.2) is 11.0 Å². The van der Waals surface area contributed by atoms with E-state index < -0.39 is 0 Å². The first-order valence-electron chi connectivity index (χ1n) is 9.94. The maximum Gasteiger partial charge on any atom is 0.263 e.